The predicted molar refractivity (Wildman–Crippen MR) is 114 cm³/mol. The lowest BCUT2D eigenvalue weighted by atomic mass is 9.91. The van der Waals surface area contributed by atoms with Crippen molar-refractivity contribution in [2.24, 2.45) is 5.92 Å². The van der Waals surface area contributed by atoms with Gasteiger partial charge in [0, 0.05) is 23.0 Å². The van der Waals surface area contributed by atoms with Gasteiger partial charge in [-0.05, 0) is 61.0 Å². The maximum atomic E-state index is 11.6. The van der Waals surface area contributed by atoms with Crippen LogP contribution in [0.1, 0.15) is 30.0 Å². The Labute approximate surface area is 169 Å². The van der Waals surface area contributed by atoms with E-state index in [0.29, 0.717) is 6.54 Å². The van der Waals surface area contributed by atoms with Crippen LogP contribution in [0, 0.1) is 5.92 Å². The second kappa shape index (κ2) is 8.33. The van der Waals surface area contributed by atoms with Gasteiger partial charge in [-0.1, -0.05) is 30.3 Å². The van der Waals surface area contributed by atoms with Crippen LogP contribution < -0.4 is 0 Å². The number of benzene rings is 2. The van der Waals surface area contributed by atoms with Gasteiger partial charge in [0.05, 0.1) is 17.5 Å². The number of hydrogen-bond donors (Lipinski definition) is 1. The molecule has 5 heteroatoms. The molecule has 4 nitrogen and oxygen atoms in total. The number of piperidine rings is 1. The van der Waals surface area contributed by atoms with Crippen LogP contribution in [-0.4, -0.2) is 40.3 Å². The van der Waals surface area contributed by atoms with Crippen molar-refractivity contribution in [3.8, 4) is 0 Å². The molecule has 144 valence electrons. The molecule has 1 saturated heterocycles. The van der Waals surface area contributed by atoms with E-state index in [2.05, 4.69) is 52.5 Å². The third-order valence-electron chi connectivity index (χ3n) is 5.53. The summed E-state index contributed by atoms with van der Waals surface area (Å²) in [6, 6.07) is 18.9. The molecule has 0 amide bonds. The minimum absolute atomic E-state index is 0.00941. The summed E-state index contributed by atoms with van der Waals surface area (Å²) >= 11 is 1.72. The summed E-state index contributed by atoms with van der Waals surface area (Å²) in [6.07, 6.45) is 5.67. The summed E-state index contributed by atoms with van der Waals surface area (Å²) in [6.45, 7) is 1.46. The van der Waals surface area contributed by atoms with Crippen LogP contribution in [0.4, 0.5) is 0 Å². The number of para-hydroxylation sites is 1. The van der Waals surface area contributed by atoms with Crippen molar-refractivity contribution in [2.45, 2.75) is 23.8 Å². The lowest BCUT2D eigenvalue weighted by Gasteiger charge is -2.37. The highest BCUT2D eigenvalue weighted by Crippen LogP contribution is 2.34. The van der Waals surface area contributed by atoms with E-state index in [0.717, 1.165) is 35.9 Å². The van der Waals surface area contributed by atoms with Crippen LogP contribution >= 0.6 is 11.8 Å². The summed E-state index contributed by atoms with van der Waals surface area (Å²) in [5.41, 5.74) is 3.27. The van der Waals surface area contributed by atoms with Gasteiger partial charge in [0.15, 0.2) is 0 Å². The summed E-state index contributed by atoms with van der Waals surface area (Å²) in [5, 5.41) is 10.7. The number of thioether (sulfide) groups is 1. The molecule has 3 aromatic rings. The fourth-order valence-electron chi connectivity index (χ4n) is 4.08. The SMILES string of the molecule is CSc1ccc(C(c2cnc3ccccc3c2)N2CCCC(C(=O)O)C2)cc1. The van der Waals surface area contributed by atoms with Crippen molar-refractivity contribution in [1.82, 2.24) is 9.88 Å². The fourth-order valence-corrected chi connectivity index (χ4v) is 4.49. The van der Waals surface area contributed by atoms with Gasteiger partial charge in [-0.3, -0.25) is 14.7 Å². The molecular weight excluding hydrogens is 368 g/mol. The topological polar surface area (TPSA) is 53.4 Å². The highest BCUT2D eigenvalue weighted by molar-refractivity contribution is 7.98. The van der Waals surface area contributed by atoms with Crippen LogP contribution in [0.15, 0.2) is 65.7 Å². The van der Waals surface area contributed by atoms with E-state index in [9.17, 15) is 9.90 Å². The highest BCUT2D eigenvalue weighted by Gasteiger charge is 2.31. The molecule has 1 aliphatic rings. The van der Waals surface area contributed by atoms with E-state index in [-0.39, 0.29) is 12.0 Å². The molecule has 1 aromatic heterocycles. The maximum Gasteiger partial charge on any atom is 0.307 e. The number of rotatable bonds is 5. The number of nitrogens with zero attached hydrogens (tertiary/aromatic N) is 2. The van der Waals surface area contributed by atoms with Crippen molar-refractivity contribution in [3.05, 3.63) is 71.9 Å². The molecule has 2 atom stereocenters. The largest absolute Gasteiger partial charge is 0.481 e. The summed E-state index contributed by atoms with van der Waals surface area (Å²) in [4.78, 5) is 19.8. The van der Waals surface area contributed by atoms with E-state index >= 15 is 0 Å². The lowest BCUT2D eigenvalue weighted by Crippen LogP contribution is -2.41. The molecular formula is C23H24N2O2S. The Bertz CT molecular complexity index is 974. The van der Waals surface area contributed by atoms with Gasteiger partial charge < -0.3 is 5.11 Å². The van der Waals surface area contributed by atoms with E-state index in [4.69, 9.17) is 0 Å². The van der Waals surface area contributed by atoms with Crippen molar-refractivity contribution < 1.29 is 9.90 Å². The number of carboxylic acids is 1. The Morgan fingerprint density at radius 2 is 1.96 bits per heavy atom. The zero-order chi connectivity index (χ0) is 19.5. The number of fused-ring (bicyclic) bond motifs is 1. The number of carboxylic acid groups (broad SMARTS) is 1. The average Bonchev–Trinajstić information content (AvgIpc) is 2.74. The van der Waals surface area contributed by atoms with Crippen molar-refractivity contribution in [3.63, 3.8) is 0 Å². The Kier molecular flexibility index (Phi) is 5.64. The second-order valence-electron chi connectivity index (χ2n) is 7.31. The van der Waals surface area contributed by atoms with Crippen LogP contribution in [0.25, 0.3) is 10.9 Å². The van der Waals surface area contributed by atoms with Gasteiger partial charge in [-0.25, -0.2) is 0 Å². The predicted octanol–water partition coefficient (Wildman–Crippen LogP) is 4.84. The Morgan fingerprint density at radius 3 is 2.71 bits per heavy atom. The molecule has 1 fully saturated rings. The Morgan fingerprint density at radius 1 is 1.18 bits per heavy atom. The molecule has 0 saturated carbocycles. The van der Waals surface area contributed by atoms with Crippen LogP contribution in [-0.2, 0) is 4.79 Å². The normalized spacial score (nSPS) is 18.8. The second-order valence-corrected chi connectivity index (χ2v) is 8.19. The van der Waals surface area contributed by atoms with Crippen LogP contribution in [0.2, 0.25) is 0 Å². The average molecular weight is 393 g/mol. The van der Waals surface area contributed by atoms with Gasteiger partial charge in [0.1, 0.15) is 0 Å². The first-order chi connectivity index (χ1) is 13.7. The number of aliphatic carboxylic acids is 1. The van der Waals surface area contributed by atoms with E-state index in [1.807, 2.05) is 24.4 Å². The van der Waals surface area contributed by atoms with E-state index in [1.54, 1.807) is 11.8 Å². The van der Waals surface area contributed by atoms with Gasteiger partial charge in [-0.2, -0.15) is 0 Å². The summed E-state index contributed by atoms with van der Waals surface area (Å²) in [7, 11) is 0. The first kappa shape index (κ1) is 19.0. The molecule has 2 heterocycles. The van der Waals surface area contributed by atoms with Gasteiger partial charge in [0.25, 0.3) is 0 Å². The number of pyridine rings is 1. The molecule has 1 aliphatic heterocycles. The number of aromatic nitrogens is 1. The minimum atomic E-state index is -0.696. The monoisotopic (exact) mass is 392 g/mol. The van der Waals surface area contributed by atoms with E-state index < -0.39 is 5.97 Å². The van der Waals surface area contributed by atoms with Crippen molar-refractivity contribution >= 4 is 28.6 Å². The quantitative estimate of drug-likeness (QED) is 0.630. The first-order valence-electron chi connectivity index (χ1n) is 9.61. The molecule has 0 spiro atoms. The standard InChI is InChI=1S/C23H24N2O2S/c1-28-20-10-8-16(9-11-20)22(25-12-4-6-18(15-25)23(26)27)19-13-17-5-2-3-7-21(17)24-14-19/h2-3,5,7-11,13-14,18,22H,4,6,12,15H2,1H3,(H,26,27). The maximum absolute atomic E-state index is 11.6. The zero-order valence-corrected chi connectivity index (χ0v) is 16.7. The summed E-state index contributed by atoms with van der Waals surface area (Å²) in [5.74, 6) is -1.01. The number of hydrogen-bond acceptors (Lipinski definition) is 4. The molecule has 0 radical (unpaired) electrons. The molecule has 2 aromatic carbocycles. The van der Waals surface area contributed by atoms with Gasteiger partial charge >= 0.3 is 5.97 Å². The van der Waals surface area contributed by atoms with E-state index in [1.165, 1.54) is 10.5 Å². The van der Waals surface area contributed by atoms with Crippen LogP contribution in [0.3, 0.4) is 0 Å². The third kappa shape index (κ3) is 3.91. The first-order valence-corrected chi connectivity index (χ1v) is 10.8. The molecule has 4 rings (SSSR count). The fraction of sp³-hybridized carbons (Fsp3) is 0.304. The smallest absolute Gasteiger partial charge is 0.307 e. The minimum Gasteiger partial charge on any atom is -0.481 e. The summed E-state index contributed by atoms with van der Waals surface area (Å²) < 4.78 is 0. The highest BCUT2D eigenvalue weighted by atomic mass is 32.2. The van der Waals surface area contributed by atoms with Gasteiger partial charge in [0.2, 0.25) is 0 Å². The Balaban J connectivity index is 1.76. The van der Waals surface area contributed by atoms with Crippen molar-refractivity contribution in [2.75, 3.05) is 19.3 Å². The molecule has 1 N–H and O–H groups in total. The molecule has 0 bridgehead atoms. The molecule has 28 heavy (non-hydrogen) atoms. The number of likely N-dealkylation sites (tertiary alicyclic amines) is 1. The molecule has 2 unspecified atom stereocenters. The lowest BCUT2D eigenvalue weighted by molar-refractivity contribution is -0.143. The third-order valence-corrected chi connectivity index (χ3v) is 6.27. The van der Waals surface area contributed by atoms with Gasteiger partial charge in [-0.15, -0.1) is 11.8 Å². The molecule has 0 aliphatic carbocycles. The van der Waals surface area contributed by atoms with Crippen LogP contribution in [0.5, 0.6) is 0 Å². The number of carbonyl (C=O) groups is 1. The zero-order valence-electron chi connectivity index (χ0n) is 15.9. The Hall–Kier alpha value is -2.37. The van der Waals surface area contributed by atoms with Crippen molar-refractivity contribution in [1.29, 1.82) is 0 Å².